The smallest absolute Gasteiger partial charge is 0.317 e. The van der Waals surface area contributed by atoms with E-state index in [9.17, 15) is 18.4 Å². The monoisotopic (exact) mass is 387 g/mol. The summed E-state index contributed by atoms with van der Waals surface area (Å²) in [6.07, 6.45) is 0.630. The predicted octanol–water partition coefficient (Wildman–Crippen LogP) is 3.33. The van der Waals surface area contributed by atoms with Gasteiger partial charge in [-0.15, -0.1) is 0 Å². The van der Waals surface area contributed by atoms with Crippen LogP contribution in [0.4, 0.5) is 13.6 Å². The highest BCUT2D eigenvalue weighted by Crippen LogP contribution is 2.16. The lowest BCUT2D eigenvalue weighted by atomic mass is 10.1. The van der Waals surface area contributed by atoms with Crippen LogP contribution >= 0.6 is 0 Å². The molecule has 28 heavy (non-hydrogen) atoms. The molecule has 0 saturated carbocycles. The Labute approximate surface area is 162 Å². The third-order valence-corrected chi connectivity index (χ3v) is 4.85. The summed E-state index contributed by atoms with van der Waals surface area (Å²) in [4.78, 5) is 28.0. The highest BCUT2D eigenvalue weighted by molar-refractivity contribution is 5.94. The molecule has 5 nitrogen and oxygen atoms in total. The van der Waals surface area contributed by atoms with E-state index < -0.39 is 5.82 Å². The van der Waals surface area contributed by atoms with Crippen LogP contribution < -0.4 is 5.32 Å². The number of likely N-dealkylation sites (tertiary alicyclic amines) is 1. The van der Waals surface area contributed by atoms with Crippen molar-refractivity contribution < 1.29 is 18.4 Å². The molecule has 1 saturated heterocycles. The largest absolute Gasteiger partial charge is 0.337 e. The third-order valence-electron chi connectivity index (χ3n) is 4.85. The number of urea groups is 1. The number of hydrogen-bond acceptors (Lipinski definition) is 2. The van der Waals surface area contributed by atoms with Crippen LogP contribution in [-0.2, 0) is 6.54 Å². The Balaban J connectivity index is 1.54. The molecule has 148 valence electrons. The van der Waals surface area contributed by atoms with Gasteiger partial charge < -0.3 is 15.1 Å². The molecule has 1 N–H and O–H groups in total. The van der Waals surface area contributed by atoms with Gasteiger partial charge in [0.1, 0.15) is 11.6 Å². The van der Waals surface area contributed by atoms with Gasteiger partial charge in [0, 0.05) is 43.9 Å². The molecule has 3 rings (SSSR count). The number of halogens is 2. The molecule has 1 atom stereocenters. The molecule has 1 aliphatic heterocycles. The number of benzene rings is 2. The van der Waals surface area contributed by atoms with Crippen molar-refractivity contribution in [3.8, 4) is 0 Å². The van der Waals surface area contributed by atoms with Crippen molar-refractivity contribution >= 4 is 11.9 Å². The second-order valence-electron chi connectivity index (χ2n) is 7.14. The van der Waals surface area contributed by atoms with E-state index in [1.54, 1.807) is 24.1 Å². The van der Waals surface area contributed by atoms with Crippen molar-refractivity contribution in [3.05, 3.63) is 70.8 Å². The van der Waals surface area contributed by atoms with E-state index in [0.29, 0.717) is 30.6 Å². The average molecular weight is 387 g/mol. The van der Waals surface area contributed by atoms with Crippen molar-refractivity contribution in [1.29, 1.82) is 0 Å². The lowest BCUT2D eigenvalue weighted by Crippen LogP contribution is -2.44. The lowest BCUT2D eigenvalue weighted by Gasteiger charge is -2.22. The highest BCUT2D eigenvalue weighted by atomic mass is 19.1. The Morgan fingerprint density at radius 1 is 1.18 bits per heavy atom. The summed E-state index contributed by atoms with van der Waals surface area (Å²) in [6.45, 7) is 2.92. The maximum Gasteiger partial charge on any atom is 0.317 e. The van der Waals surface area contributed by atoms with E-state index in [1.165, 1.54) is 35.2 Å². The minimum absolute atomic E-state index is 0.157. The van der Waals surface area contributed by atoms with Crippen molar-refractivity contribution in [2.75, 3.05) is 20.1 Å². The summed E-state index contributed by atoms with van der Waals surface area (Å²) >= 11 is 0. The molecular formula is C21H23F2N3O2. The second kappa shape index (κ2) is 8.37. The summed E-state index contributed by atoms with van der Waals surface area (Å²) in [5.74, 6) is -0.926. The molecule has 0 bridgehead atoms. The molecule has 3 amide bonds. The molecule has 1 aliphatic rings. The Morgan fingerprint density at radius 2 is 1.89 bits per heavy atom. The van der Waals surface area contributed by atoms with Crippen LogP contribution in [0.25, 0.3) is 0 Å². The van der Waals surface area contributed by atoms with Gasteiger partial charge in [0.15, 0.2) is 0 Å². The fourth-order valence-corrected chi connectivity index (χ4v) is 3.27. The molecule has 0 spiro atoms. The molecule has 7 heteroatoms. The lowest BCUT2D eigenvalue weighted by molar-refractivity contribution is 0.0789. The van der Waals surface area contributed by atoms with E-state index in [1.807, 2.05) is 6.92 Å². The second-order valence-corrected chi connectivity index (χ2v) is 7.14. The first-order chi connectivity index (χ1) is 13.3. The number of rotatable bonds is 4. The van der Waals surface area contributed by atoms with E-state index in [0.717, 1.165) is 5.56 Å². The normalized spacial score (nSPS) is 16.1. The van der Waals surface area contributed by atoms with Gasteiger partial charge in [-0.3, -0.25) is 4.79 Å². The molecule has 0 radical (unpaired) electrons. The Morgan fingerprint density at radius 3 is 2.61 bits per heavy atom. The van der Waals surface area contributed by atoms with Gasteiger partial charge in [-0.05, 0) is 43.7 Å². The Bertz CT molecular complexity index is 870. The SMILES string of the molecule is Cc1ccc(F)c(CN(C)C(=O)N[C@H]2CCN(C(=O)c3ccc(F)cc3)C2)c1. The molecule has 1 fully saturated rings. The van der Waals surface area contributed by atoms with Crippen LogP contribution in [0.15, 0.2) is 42.5 Å². The number of nitrogens with zero attached hydrogens (tertiary/aromatic N) is 2. The van der Waals surface area contributed by atoms with Gasteiger partial charge in [-0.2, -0.15) is 0 Å². The number of carbonyl (C=O) groups is 2. The first-order valence-corrected chi connectivity index (χ1v) is 9.15. The summed E-state index contributed by atoms with van der Waals surface area (Å²) in [5, 5.41) is 2.89. The van der Waals surface area contributed by atoms with E-state index in [4.69, 9.17) is 0 Å². The van der Waals surface area contributed by atoms with Gasteiger partial charge in [-0.25, -0.2) is 13.6 Å². The molecule has 0 aliphatic carbocycles. The van der Waals surface area contributed by atoms with Crippen LogP contribution in [0.2, 0.25) is 0 Å². The number of hydrogen-bond donors (Lipinski definition) is 1. The number of carbonyl (C=O) groups excluding carboxylic acids is 2. The topological polar surface area (TPSA) is 52.7 Å². The number of amides is 3. The molecule has 2 aromatic rings. The molecule has 2 aromatic carbocycles. The summed E-state index contributed by atoms with van der Waals surface area (Å²) in [7, 11) is 1.60. The van der Waals surface area contributed by atoms with E-state index >= 15 is 0 Å². The standard InChI is InChI=1S/C21H23F2N3O2/c1-14-3-8-19(23)16(11-14)12-25(2)21(28)24-18-9-10-26(13-18)20(27)15-4-6-17(22)7-5-15/h3-8,11,18H,9-10,12-13H2,1-2H3,(H,24,28)/t18-/m0/s1. The van der Waals surface area contributed by atoms with Gasteiger partial charge in [-0.1, -0.05) is 17.7 Å². The fraction of sp³-hybridized carbons (Fsp3) is 0.333. The van der Waals surface area contributed by atoms with Crippen LogP contribution in [0.5, 0.6) is 0 Å². The van der Waals surface area contributed by atoms with E-state index in [2.05, 4.69) is 5.32 Å². The first kappa shape index (κ1) is 19.8. The Hall–Kier alpha value is -2.96. The molecule has 1 heterocycles. The van der Waals surface area contributed by atoms with Crippen molar-refractivity contribution in [3.63, 3.8) is 0 Å². The van der Waals surface area contributed by atoms with Crippen LogP contribution in [0, 0.1) is 18.6 Å². The zero-order valence-electron chi connectivity index (χ0n) is 15.9. The number of aryl methyl sites for hydroxylation is 1. The van der Waals surface area contributed by atoms with E-state index in [-0.39, 0.29) is 30.3 Å². The van der Waals surface area contributed by atoms with Crippen molar-refractivity contribution in [2.45, 2.75) is 25.9 Å². The van der Waals surface area contributed by atoms with Crippen molar-refractivity contribution in [2.24, 2.45) is 0 Å². The van der Waals surface area contributed by atoms with Gasteiger partial charge in [0.2, 0.25) is 0 Å². The van der Waals surface area contributed by atoms with Gasteiger partial charge in [0.25, 0.3) is 5.91 Å². The highest BCUT2D eigenvalue weighted by Gasteiger charge is 2.28. The van der Waals surface area contributed by atoms with Crippen molar-refractivity contribution in [1.82, 2.24) is 15.1 Å². The average Bonchev–Trinajstić information content (AvgIpc) is 3.13. The quantitative estimate of drug-likeness (QED) is 0.875. The molecule has 0 aromatic heterocycles. The maximum atomic E-state index is 13.9. The summed E-state index contributed by atoms with van der Waals surface area (Å²) < 4.78 is 26.9. The van der Waals surface area contributed by atoms with Gasteiger partial charge in [0.05, 0.1) is 0 Å². The van der Waals surface area contributed by atoms with Crippen LogP contribution in [-0.4, -0.2) is 47.9 Å². The van der Waals surface area contributed by atoms with Gasteiger partial charge >= 0.3 is 6.03 Å². The minimum Gasteiger partial charge on any atom is -0.337 e. The maximum absolute atomic E-state index is 13.9. The summed E-state index contributed by atoms with van der Waals surface area (Å²) in [5.41, 5.74) is 1.80. The summed E-state index contributed by atoms with van der Waals surface area (Å²) in [6, 6.07) is 9.71. The molecular weight excluding hydrogens is 364 g/mol. The zero-order chi connectivity index (χ0) is 20.3. The van der Waals surface area contributed by atoms with Crippen LogP contribution in [0.3, 0.4) is 0 Å². The zero-order valence-corrected chi connectivity index (χ0v) is 15.9. The Kier molecular flexibility index (Phi) is 5.92. The number of nitrogens with one attached hydrogen (secondary N) is 1. The minimum atomic E-state index is -0.392. The molecule has 0 unspecified atom stereocenters. The predicted molar refractivity (Wildman–Crippen MR) is 102 cm³/mol. The third kappa shape index (κ3) is 4.65. The fourth-order valence-electron chi connectivity index (χ4n) is 3.27. The first-order valence-electron chi connectivity index (χ1n) is 9.15. The van der Waals surface area contributed by atoms with Crippen LogP contribution in [0.1, 0.15) is 27.9 Å².